The minimum absolute atomic E-state index is 0.192. The predicted octanol–water partition coefficient (Wildman–Crippen LogP) is 2.37. The largest absolute Gasteiger partial charge is 0.390 e. The number of hydrogen-bond acceptors (Lipinski definition) is 2. The molecule has 0 amide bonds. The van der Waals surface area contributed by atoms with Crippen LogP contribution in [-0.2, 0) is 13.1 Å². The van der Waals surface area contributed by atoms with Gasteiger partial charge in [0.1, 0.15) is 0 Å². The third-order valence-electron chi connectivity index (χ3n) is 2.98. The molecule has 0 bridgehead atoms. The average Bonchev–Trinajstić information content (AvgIpc) is 2.42. The third kappa shape index (κ3) is 7.31. The molecule has 0 saturated carbocycles. The summed E-state index contributed by atoms with van der Waals surface area (Å²) < 4.78 is 36.4. The molecule has 0 unspecified atom stereocenters. The van der Waals surface area contributed by atoms with Gasteiger partial charge < -0.3 is 15.5 Å². The van der Waals surface area contributed by atoms with Gasteiger partial charge in [-0.3, -0.25) is 4.99 Å². The van der Waals surface area contributed by atoms with Crippen LogP contribution < -0.4 is 10.6 Å². The van der Waals surface area contributed by atoms with Gasteiger partial charge in [0.2, 0.25) is 0 Å². The van der Waals surface area contributed by atoms with Crippen molar-refractivity contribution < 1.29 is 13.2 Å². The van der Waals surface area contributed by atoms with Crippen molar-refractivity contribution in [3.05, 3.63) is 35.4 Å². The minimum atomic E-state index is -4.16. The van der Waals surface area contributed by atoms with Gasteiger partial charge in [-0.2, -0.15) is 13.2 Å². The van der Waals surface area contributed by atoms with Crippen molar-refractivity contribution >= 4 is 5.96 Å². The van der Waals surface area contributed by atoms with E-state index in [0.717, 1.165) is 12.1 Å². The highest BCUT2D eigenvalue weighted by Gasteiger charge is 2.26. The van der Waals surface area contributed by atoms with Crippen LogP contribution in [0.5, 0.6) is 0 Å². The molecule has 0 aliphatic carbocycles. The van der Waals surface area contributed by atoms with Gasteiger partial charge in [-0.1, -0.05) is 24.3 Å². The lowest BCUT2D eigenvalue weighted by atomic mass is 10.1. The zero-order valence-corrected chi connectivity index (χ0v) is 13.2. The van der Waals surface area contributed by atoms with Crippen LogP contribution in [0.15, 0.2) is 29.3 Å². The molecule has 0 atom stereocenters. The smallest absolute Gasteiger partial charge is 0.356 e. The number of aliphatic imine (C=N–C) groups is 1. The Labute approximate surface area is 129 Å². The summed E-state index contributed by atoms with van der Waals surface area (Å²) in [5.74, 6) is 0.365. The Morgan fingerprint density at radius 1 is 1.14 bits per heavy atom. The molecular formula is C15H23F3N4. The second kappa shape index (κ2) is 8.63. The second-order valence-electron chi connectivity index (χ2n) is 5.22. The number of hydrogen-bond donors (Lipinski definition) is 2. The van der Waals surface area contributed by atoms with E-state index in [-0.39, 0.29) is 6.54 Å². The SMILES string of the molecule is CN=C(NCCC(F)(F)F)NCc1ccccc1CN(C)C. The standard InChI is InChI=1S/C15H23F3N4/c1-19-14(20-9-8-15(16,17)18)21-10-12-6-4-5-7-13(12)11-22(2)3/h4-7H,8-11H2,1-3H3,(H2,19,20,21). The molecule has 2 N–H and O–H groups in total. The van der Waals surface area contributed by atoms with Crippen LogP contribution in [0.4, 0.5) is 13.2 Å². The number of guanidine groups is 1. The van der Waals surface area contributed by atoms with E-state index in [1.54, 1.807) is 0 Å². The van der Waals surface area contributed by atoms with Crippen molar-refractivity contribution in [3.63, 3.8) is 0 Å². The highest BCUT2D eigenvalue weighted by Crippen LogP contribution is 2.18. The van der Waals surface area contributed by atoms with Crippen LogP contribution in [0, 0.1) is 0 Å². The Kier molecular flexibility index (Phi) is 7.17. The zero-order valence-electron chi connectivity index (χ0n) is 13.2. The summed E-state index contributed by atoms with van der Waals surface area (Å²) in [7, 11) is 5.51. The summed E-state index contributed by atoms with van der Waals surface area (Å²) in [6.07, 6.45) is -5.05. The van der Waals surface area contributed by atoms with Crippen molar-refractivity contribution in [1.82, 2.24) is 15.5 Å². The molecule has 0 aliphatic rings. The lowest BCUT2D eigenvalue weighted by molar-refractivity contribution is -0.132. The minimum Gasteiger partial charge on any atom is -0.356 e. The Balaban J connectivity index is 2.53. The first-order chi connectivity index (χ1) is 10.3. The molecule has 1 aromatic carbocycles. The highest BCUT2D eigenvalue weighted by molar-refractivity contribution is 5.79. The Bertz CT molecular complexity index is 484. The van der Waals surface area contributed by atoms with Crippen LogP contribution in [0.3, 0.4) is 0 Å². The molecule has 124 valence electrons. The molecule has 0 aromatic heterocycles. The van der Waals surface area contributed by atoms with E-state index in [9.17, 15) is 13.2 Å². The summed E-state index contributed by atoms with van der Waals surface area (Å²) in [6, 6.07) is 7.94. The van der Waals surface area contributed by atoms with Gasteiger partial charge in [0.15, 0.2) is 5.96 Å². The molecule has 1 rings (SSSR count). The normalized spacial score (nSPS) is 12.6. The van der Waals surface area contributed by atoms with Crippen LogP contribution in [0.1, 0.15) is 17.5 Å². The van der Waals surface area contributed by atoms with Crippen LogP contribution in [-0.4, -0.2) is 44.7 Å². The second-order valence-corrected chi connectivity index (χ2v) is 5.22. The maximum atomic E-state index is 12.1. The number of alkyl halides is 3. The van der Waals surface area contributed by atoms with Crippen LogP contribution in [0.2, 0.25) is 0 Å². The van der Waals surface area contributed by atoms with E-state index < -0.39 is 12.6 Å². The van der Waals surface area contributed by atoms with Gasteiger partial charge in [0.05, 0.1) is 6.42 Å². The fourth-order valence-corrected chi connectivity index (χ4v) is 1.95. The van der Waals surface area contributed by atoms with E-state index in [0.29, 0.717) is 12.5 Å². The monoisotopic (exact) mass is 316 g/mol. The Morgan fingerprint density at radius 2 is 1.77 bits per heavy atom. The summed E-state index contributed by atoms with van der Waals surface area (Å²) in [5.41, 5.74) is 2.26. The first kappa shape index (κ1) is 18.3. The van der Waals surface area contributed by atoms with Gasteiger partial charge in [0, 0.05) is 26.7 Å². The Morgan fingerprint density at radius 3 is 2.32 bits per heavy atom. The van der Waals surface area contributed by atoms with Crippen molar-refractivity contribution in [3.8, 4) is 0 Å². The lowest BCUT2D eigenvalue weighted by Gasteiger charge is -2.16. The molecular weight excluding hydrogens is 293 g/mol. The predicted molar refractivity (Wildman–Crippen MR) is 82.7 cm³/mol. The molecule has 0 radical (unpaired) electrons. The first-order valence-corrected chi connectivity index (χ1v) is 7.04. The highest BCUT2D eigenvalue weighted by atomic mass is 19.4. The maximum Gasteiger partial charge on any atom is 0.390 e. The van der Waals surface area contributed by atoms with Gasteiger partial charge >= 0.3 is 6.18 Å². The molecule has 0 fully saturated rings. The number of rotatable bonds is 6. The molecule has 0 saturated heterocycles. The molecule has 22 heavy (non-hydrogen) atoms. The summed E-state index contributed by atoms with van der Waals surface area (Å²) in [4.78, 5) is 5.99. The number of nitrogens with one attached hydrogen (secondary N) is 2. The van der Waals surface area contributed by atoms with Crippen LogP contribution in [0.25, 0.3) is 0 Å². The van der Waals surface area contributed by atoms with E-state index >= 15 is 0 Å². The average molecular weight is 316 g/mol. The molecule has 4 nitrogen and oxygen atoms in total. The Hall–Kier alpha value is -1.76. The summed E-state index contributed by atoms with van der Waals surface area (Å²) in [6.45, 7) is 1.12. The van der Waals surface area contributed by atoms with Crippen molar-refractivity contribution in [1.29, 1.82) is 0 Å². The zero-order chi connectivity index (χ0) is 16.6. The van der Waals surface area contributed by atoms with Crippen molar-refractivity contribution in [2.45, 2.75) is 25.7 Å². The maximum absolute atomic E-state index is 12.1. The molecule has 0 aliphatic heterocycles. The molecule has 0 spiro atoms. The van der Waals surface area contributed by atoms with Crippen molar-refractivity contribution in [2.75, 3.05) is 27.7 Å². The van der Waals surface area contributed by atoms with Crippen LogP contribution >= 0.6 is 0 Å². The van der Waals surface area contributed by atoms with E-state index in [1.807, 2.05) is 38.4 Å². The quantitative estimate of drug-likeness (QED) is 0.625. The topological polar surface area (TPSA) is 39.7 Å². The van der Waals surface area contributed by atoms with Gasteiger partial charge in [0.25, 0.3) is 0 Å². The first-order valence-electron chi connectivity index (χ1n) is 7.04. The number of nitrogens with zero attached hydrogens (tertiary/aromatic N) is 2. The van der Waals surface area contributed by atoms with E-state index in [2.05, 4.69) is 20.5 Å². The molecule has 0 heterocycles. The number of halogens is 3. The fourth-order valence-electron chi connectivity index (χ4n) is 1.95. The summed E-state index contributed by atoms with van der Waals surface area (Å²) in [5, 5.41) is 5.70. The van der Waals surface area contributed by atoms with E-state index in [1.165, 1.54) is 12.6 Å². The van der Waals surface area contributed by atoms with Gasteiger partial charge in [-0.25, -0.2) is 0 Å². The lowest BCUT2D eigenvalue weighted by Crippen LogP contribution is -2.38. The van der Waals surface area contributed by atoms with Gasteiger partial charge in [-0.05, 0) is 25.2 Å². The van der Waals surface area contributed by atoms with Gasteiger partial charge in [-0.15, -0.1) is 0 Å². The third-order valence-corrected chi connectivity index (χ3v) is 2.98. The molecule has 7 heteroatoms. The number of benzene rings is 1. The van der Waals surface area contributed by atoms with Crippen molar-refractivity contribution in [2.24, 2.45) is 4.99 Å². The van der Waals surface area contributed by atoms with E-state index in [4.69, 9.17) is 0 Å². The molecule has 1 aromatic rings. The summed E-state index contributed by atoms with van der Waals surface area (Å²) >= 11 is 0. The fraction of sp³-hybridized carbons (Fsp3) is 0.533.